The minimum absolute atomic E-state index is 0.0624. The Balaban J connectivity index is 3.37. The van der Waals surface area contributed by atoms with E-state index in [2.05, 4.69) is 22.5 Å². The Bertz CT molecular complexity index is 413. The van der Waals surface area contributed by atoms with Gasteiger partial charge in [0.05, 0.1) is 10.0 Å². The number of hydrogen-bond acceptors (Lipinski definition) is 2. The van der Waals surface area contributed by atoms with E-state index in [1.54, 1.807) is 6.08 Å². The normalized spacial score (nSPS) is 12.1. The van der Waals surface area contributed by atoms with Gasteiger partial charge < -0.3 is 10.2 Å². The van der Waals surface area contributed by atoms with Crippen LogP contribution in [-0.2, 0) is 0 Å². The van der Waals surface area contributed by atoms with Crippen LogP contribution in [0.4, 0.5) is 0 Å². The van der Waals surface area contributed by atoms with Crippen molar-refractivity contribution in [2.24, 2.45) is 0 Å². The molecule has 1 aromatic carbocycles. The van der Waals surface area contributed by atoms with Gasteiger partial charge in [-0.2, -0.15) is 0 Å². The minimum Gasteiger partial charge on any atom is -0.506 e. The molecule has 1 aromatic rings. The molecule has 0 aliphatic carbocycles. The Morgan fingerprint density at radius 1 is 1.60 bits per heavy atom. The summed E-state index contributed by atoms with van der Waals surface area (Å²) >= 11 is 3.12. The van der Waals surface area contributed by atoms with Gasteiger partial charge in [-0.25, -0.2) is 4.79 Å². The minimum atomic E-state index is -1.02. The van der Waals surface area contributed by atoms with E-state index in [0.29, 0.717) is 10.0 Å². The molecule has 1 rings (SSSR count). The number of aromatic carboxylic acids is 1. The van der Waals surface area contributed by atoms with Gasteiger partial charge in [0.15, 0.2) is 0 Å². The molecule has 0 aliphatic rings. The van der Waals surface area contributed by atoms with Crippen molar-refractivity contribution in [2.45, 2.75) is 12.8 Å². The van der Waals surface area contributed by atoms with Crippen LogP contribution in [0.1, 0.15) is 28.8 Å². The highest BCUT2D eigenvalue weighted by Gasteiger charge is 2.14. The molecule has 0 radical (unpaired) electrons. The van der Waals surface area contributed by atoms with E-state index < -0.39 is 5.97 Å². The van der Waals surface area contributed by atoms with Gasteiger partial charge in [-0.1, -0.05) is 13.0 Å². The number of phenolic OH excluding ortho intramolecular Hbond substituents is 1. The molecule has 0 saturated carbocycles. The lowest BCUT2D eigenvalue weighted by Crippen LogP contribution is -2.00. The first kappa shape index (κ1) is 11.8. The fourth-order valence-electron chi connectivity index (χ4n) is 1.22. The number of hydrogen-bond donors (Lipinski definition) is 2. The third kappa shape index (κ3) is 2.39. The van der Waals surface area contributed by atoms with Crippen LogP contribution >= 0.6 is 15.9 Å². The van der Waals surface area contributed by atoms with E-state index in [-0.39, 0.29) is 17.2 Å². The van der Waals surface area contributed by atoms with Gasteiger partial charge in [0.1, 0.15) is 5.75 Å². The Morgan fingerprint density at radius 3 is 2.67 bits per heavy atom. The smallest absolute Gasteiger partial charge is 0.335 e. The largest absolute Gasteiger partial charge is 0.506 e. The SMILES string of the molecule is C=CC(C)c1cc(C(=O)O)cc(Br)c1O. The summed E-state index contributed by atoms with van der Waals surface area (Å²) in [4.78, 5) is 10.8. The third-order valence-electron chi connectivity index (χ3n) is 2.18. The van der Waals surface area contributed by atoms with Crippen molar-refractivity contribution >= 4 is 21.9 Å². The number of rotatable bonds is 3. The van der Waals surface area contributed by atoms with E-state index in [1.807, 2.05) is 6.92 Å². The Kier molecular flexibility index (Phi) is 3.52. The van der Waals surface area contributed by atoms with Crippen LogP contribution in [0.3, 0.4) is 0 Å². The molecule has 0 fully saturated rings. The van der Waals surface area contributed by atoms with Crippen molar-refractivity contribution in [3.8, 4) is 5.75 Å². The summed E-state index contributed by atoms with van der Waals surface area (Å²) in [6, 6.07) is 2.83. The third-order valence-corrected chi connectivity index (χ3v) is 2.79. The number of halogens is 1. The average molecular weight is 271 g/mol. The van der Waals surface area contributed by atoms with Gasteiger partial charge in [-0.15, -0.1) is 6.58 Å². The van der Waals surface area contributed by atoms with Crippen molar-refractivity contribution in [3.05, 3.63) is 40.4 Å². The maximum atomic E-state index is 10.8. The number of carbonyl (C=O) groups is 1. The second kappa shape index (κ2) is 4.49. The van der Waals surface area contributed by atoms with E-state index in [0.717, 1.165) is 0 Å². The summed E-state index contributed by atoms with van der Waals surface area (Å²) < 4.78 is 0.381. The van der Waals surface area contributed by atoms with Crippen molar-refractivity contribution in [2.75, 3.05) is 0 Å². The summed E-state index contributed by atoms with van der Waals surface area (Å²) in [5, 5.41) is 18.6. The van der Waals surface area contributed by atoms with Gasteiger partial charge in [-0.3, -0.25) is 0 Å². The molecule has 15 heavy (non-hydrogen) atoms. The van der Waals surface area contributed by atoms with E-state index in [1.165, 1.54) is 12.1 Å². The van der Waals surface area contributed by atoms with Crippen molar-refractivity contribution < 1.29 is 15.0 Å². The number of allylic oxidation sites excluding steroid dienone is 1. The molecule has 0 aromatic heterocycles. The molecule has 2 N–H and O–H groups in total. The van der Waals surface area contributed by atoms with E-state index in [9.17, 15) is 9.90 Å². The summed E-state index contributed by atoms with van der Waals surface area (Å²) in [5.74, 6) is -1.05. The van der Waals surface area contributed by atoms with E-state index in [4.69, 9.17) is 5.11 Å². The topological polar surface area (TPSA) is 57.5 Å². The van der Waals surface area contributed by atoms with Crippen molar-refractivity contribution in [1.82, 2.24) is 0 Å². The van der Waals surface area contributed by atoms with E-state index >= 15 is 0 Å². The first-order chi connectivity index (χ1) is 6.97. The summed E-state index contributed by atoms with van der Waals surface area (Å²) in [6.07, 6.45) is 1.65. The monoisotopic (exact) mass is 270 g/mol. The lowest BCUT2D eigenvalue weighted by molar-refractivity contribution is 0.0696. The van der Waals surface area contributed by atoms with Gasteiger partial charge in [0, 0.05) is 11.5 Å². The van der Waals surface area contributed by atoms with Crippen molar-refractivity contribution in [1.29, 1.82) is 0 Å². The maximum absolute atomic E-state index is 10.8. The lowest BCUT2D eigenvalue weighted by atomic mass is 9.98. The predicted octanol–water partition coefficient (Wildman–Crippen LogP) is 3.14. The Labute approximate surface area is 96.2 Å². The predicted molar refractivity (Wildman–Crippen MR) is 61.4 cm³/mol. The van der Waals surface area contributed by atoms with Crippen LogP contribution in [0.5, 0.6) is 5.75 Å². The number of carboxylic acids is 1. The highest BCUT2D eigenvalue weighted by Crippen LogP contribution is 2.34. The van der Waals surface area contributed by atoms with Gasteiger partial charge in [0.2, 0.25) is 0 Å². The first-order valence-electron chi connectivity index (χ1n) is 4.35. The molecule has 80 valence electrons. The molecular formula is C11H11BrO3. The van der Waals surface area contributed by atoms with Crippen LogP contribution < -0.4 is 0 Å². The maximum Gasteiger partial charge on any atom is 0.335 e. The van der Waals surface area contributed by atoms with Gasteiger partial charge >= 0.3 is 5.97 Å². The molecule has 3 nitrogen and oxygen atoms in total. The molecule has 0 aliphatic heterocycles. The number of phenols is 1. The molecule has 0 spiro atoms. The van der Waals surface area contributed by atoms with Crippen LogP contribution in [0, 0.1) is 0 Å². The van der Waals surface area contributed by atoms with Crippen molar-refractivity contribution in [3.63, 3.8) is 0 Å². The van der Waals surface area contributed by atoms with Crippen LogP contribution in [0.15, 0.2) is 29.3 Å². The molecule has 0 bridgehead atoms. The average Bonchev–Trinajstić information content (AvgIpc) is 2.20. The zero-order valence-electron chi connectivity index (χ0n) is 8.20. The molecule has 4 heteroatoms. The van der Waals surface area contributed by atoms with Gasteiger partial charge in [0.25, 0.3) is 0 Å². The van der Waals surface area contributed by atoms with Crippen LogP contribution in [0.2, 0.25) is 0 Å². The Hall–Kier alpha value is -1.29. The lowest BCUT2D eigenvalue weighted by Gasteiger charge is -2.11. The summed E-state index contributed by atoms with van der Waals surface area (Å²) in [6.45, 7) is 5.44. The van der Waals surface area contributed by atoms with Crippen LogP contribution in [-0.4, -0.2) is 16.2 Å². The summed E-state index contributed by atoms with van der Waals surface area (Å²) in [5.41, 5.74) is 0.695. The Morgan fingerprint density at radius 2 is 2.20 bits per heavy atom. The molecule has 0 saturated heterocycles. The second-order valence-corrected chi connectivity index (χ2v) is 4.08. The first-order valence-corrected chi connectivity index (χ1v) is 5.15. The zero-order chi connectivity index (χ0) is 11.6. The molecule has 1 atom stereocenters. The second-order valence-electron chi connectivity index (χ2n) is 3.23. The highest BCUT2D eigenvalue weighted by molar-refractivity contribution is 9.10. The molecular weight excluding hydrogens is 260 g/mol. The number of benzene rings is 1. The zero-order valence-corrected chi connectivity index (χ0v) is 9.78. The molecule has 0 amide bonds. The number of carboxylic acid groups (broad SMARTS) is 1. The fraction of sp³-hybridized carbons (Fsp3) is 0.182. The highest BCUT2D eigenvalue weighted by atomic mass is 79.9. The quantitative estimate of drug-likeness (QED) is 0.830. The molecule has 0 heterocycles. The van der Waals surface area contributed by atoms with Crippen LogP contribution in [0.25, 0.3) is 0 Å². The number of aromatic hydroxyl groups is 1. The molecule has 1 unspecified atom stereocenters. The van der Waals surface area contributed by atoms with Gasteiger partial charge in [-0.05, 0) is 28.1 Å². The standard InChI is InChI=1S/C11H11BrO3/c1-3-6(2)8-4-7(11(14)15)5-9(12)10(8)13/h3-6,13H,1H2,2H3,(H,14,15). The fourth-order valence-corrected chi connectivity index (χ4v) is 1.69. The summed E-state index contributed by atoms with van der Waals surface area (Å²) in [7, 11) is 0.